The Bertz CT molecular complexity index is 654. The van der Waals surface area contributed by atoms with Gasteiger partial charge < -0.3 is 4.74 Å². The van der Waals surface area contributed by atoms with E-state index in [0.29, 0.717) is 5.75 Å². The molecule has 0 saturated carbocycles. The molecule has 1 N–H and O–H groups in total. The van der Waals surface area contributed by atoms with Crippen LogP contribution in [0.3, 0.4) is 0 Å². The lowest BCUT2D eigenvalue weighted by Crippen LogP contribution is -2.24. The second kappa shape index (κ2) is 8.24. The number of amides is 1. The Kier molecular flexibility index (Phi) is 6.03. The van der Waals surface area contributed by atoms with Crippen LogP contribution in [0.2, 0.25) is 0 Å². The number of hydrogen-bond donors (Lipinski definition) is 1. The predicted molar refractivity (Wildman–Crippen MR) is 90.6 cm³/mol. The first-order chi connectivity index (χ1) is 10.7. The van der Waals surface area contributed by atoms with Crippen LogP contribution < -0.4 is 10.2 Å². The van der Waals surface area contributed by atoms with Gasteiger partial charge in [0.15, 0.2) is 6.61 Å². The minimum absolute atomic E-state index is 0.0619. The van der Waals surface area contributed by atoms with Crippen molar-refractivity contribution >= 4 is 23.9 Å². The Morgan fingerprint density at radius 1 is 1.23 bits per heavy atom. The number of ether oxygens (including phenoxy) is 1. The average molecular weight is 314 g/mol. The lowest BCUT2D eigenvalue weighted by molar-refractivity contribution is -0.123. The lowest BCUT2D eigenvalue weighted by atomic mass is 10.2. The summed E-state index contributed by atoms with van der Waals surface area (Å²) >= 11 is 1.68. The van der Waals surface area contributed by atoms with Crippen LogP contribution in [0, 0.1) is 6.92 Å². The molecule has 114 valence electrons. The fourth-order valence-electron chi connectivity index (χ4n) is 1.76. The van der Waals surface area contributed by atoms with Crippen molar-refractivity contribution in [3.05, 3.63) is 59.7 Å². The van der Waals surface area contributed by atoms with Crippen molar-refractivity contribution in [3.63, 3.8) is 0 Å². The highest BCUT2D eigenvalue weighted by Gasteiger charge is 2.02. The summed E-state index contributed by atoms with van der Waals surface area (Å²) in [6.45, 7) is 1.87. The molecule has 0 aromatic heterocycles. The molecule has 0 aliphatic rings. The molecule has 0 spiro atoms. The minimum atomic E-state index is -0.291. The molecule has 0 unspecified atom stereocenters. The molecule has 2 aromatic carbocycles. The number of rotatable bonds is 6. The van der Waals surface area contributed by atoms with Gasteiger partial charge >= 0.3 is 0 Å². The molecule has 5 heteroatoms. The first-order valence-electron chi connectivity index (χ1n) is 6.83. The summed E-state index contributed by atoms with van der Waals surface area (Å²) in [7, 11) is 0. The van der Waals surface area contributed by atoms with Gasteiger partial charge in [0.2, 0.25) is 0 Å². The van der Waals surface area contributed by atoms with E-state index in [-0.39, 0.29) is 12.5 Å². The number of hydrogen-bond acceptors (Lipinski definition) is 4. The topological polar surface area (TPSA) is 50.7 Å². The van der Waals surface area contributed by atoms with Gasteiger partial charge in [-0.25, -0.2) is 5.43 Å². The van der Waals surface area contributed by atoms with Crippen molar-refractivity contribution in [2.24, 2.45) is 5.10 Å². The van der Waals surface area contributed by atoms with E-state index in [1.165, 1.54) is 4.90 Å². The van der Waals surface area contributed by atoms with Crippen LogP contribution in [0.25, 0.3) is 0 Å². The molecule has 0 heterocycles. The maximum Gasteiger partial charge on any atom is 0.277 e. The predicted octanol–water partition coefficient (Wildman–Crippen LogP) is 3.25. The molecule has 22 heavy (non-hydrogen) atoms. The van der Waals surface area contributed by atoms with Crippen LogP contribution in [-0.4, -0.2) is 25.0 Å². The van der Waals surface area contributed by atoms with E-state index >= 15 is 0 Å². The van der Waals surface area contributed by atoms with Gasteiger partial charge in [0.1, 0.15) is 5.75 Å². The third kappa shape index (κ3) is 4.93. The Hall–Kier alpha value is -2.27. The highest BCUT2D eigenvalue weighted by atomic mass is 32.2. The molecule has 4 nitrogen and oxygen atoms in total. The second-order valence-corrected chi connectivity index (χ2v) is 5.50. The fraction of sp³-hybridized carbons (Fsp3) is 0.176. The molecular formula is C17H18N2O2S. The van der Waals surface area contributed by atoms with Crippen molar-refractivity contribution < 1.29 is 9.53 Å². The quantitative estimate of drug-likeness (QED) is 0.506. The molecule has 0 aliphatic heterocycles. The summed E-state index contributed by atoms with van der Waals surface area (Å²) in [4.78, 5) is 12.9. The molecule has 0 radical (unpaired) electrons. The average Bonchev–Trinajstić information content (AvgIpc) is 2.55. The van der Waals surface area contributed by atoms with E-state index in [1.807, 2.05) is 61.7 Å². The van der Waals surface area contributed by atoms with Gasteiger partial charge in [-0.2, -0.15) is 5.10 Å². The summed E-state index contributed by atoms with van der Waals surface area (Å²) in [6.07, 6.45) is 3.63. The SMILES string of the molecule is CSc1ccc(C=NNC(=O)COc2ccccc2C)cc1. The smallest absolute Gasteiger partial charge is 0.277 e. The van der Waals surface area contributed by atoms with Crippen molar-refractivity contribution in [2.45, 2.75) is 11.8 Å². The van der Waals surface area contributed by atoms with Gasteiger partial charge in [-0.15, -0.1) is 11.8 Å². The number of benzene rings is 2. The molecule has 2 rings (SSSR count). The van der Waals surface area contributed by atoms with Crippen LogP contribution in [-0.2, 0) is 4.79 Å². The van der Waals surface area contributed by atoms with Gasteiger partial charge in [-0.05, 0) is 42.5 Å². The Labute approximate surface area is 134 Å². The summed E-state index contributed by atoms with van der Waals surface area (Å²) in [5.41, 5.74) is 4.37. The van der Waals surface area contributed by atoms with Crippen molar-refractivity contribution in [3.8, 4) is 5.75 Å². The standard InChI is InChI=1S/C17H18N2O2S/c1-13-5-3-4-6-16(13)21-12-17(20)19-18-11-14-7-9-15(22-2)10-8-14/h3-11H,12H2,1-2H3,(H,19,20). The van der Waals surface area contributed by atoms with Crippen LogP contribution in [0.5, 0.6) is 5.75 Å². The fourth-order valence-corrected chi connectivity index (χ4v) is 2.17. The van der Waals surface area contributed by atoms with Crippen molar-refractivity contribution in [1.29, 1.82) is 0 Å². The molecule has 0 aliphatic carbocycles. The number of aryl methyl sites for hydroxylation is 1. The van der Waals surface area contributed by atoms with E-state index in [9.17, 15) is 4.79 Å². The lowest BCUT2D eigenvalue weighted by Gasteiger charge is -2.07. The summed E-state index contributed by atoms with van der Waals surface area (Å²) in [6, 6.07) is 15.5. The number of hydrazone groups is 1. The van der Waals surface area contributed by atoms with E-state index in [4.69, 9.17) is 4.74 Å². The number of carbonyl (C=O) groups is 1. The normalized spacial score (nSPS) is 10.6. The minimum Gasteiger partial charge on any atom is -0.483 e. The summed E-state index contributed by atoms with van der Waals surface area (Å²) in [5.74, 6) is 0.412. The van der Waals surface area contributed by atoms with Gasteiger partial charge in [0, 0.05) is 4.90 Å². The molecule has 0 atom stereocenters. The third-order valence-corrected chi connectivity index (χ3v) is 3.71. The first-order valence-corrected chi connectivity index (χ1v) is 8.06. The Morgan fingerprint density at radius 2 is 1.95 bits per heavy atom. The number of para-hydroxylation sites is 1. The highest BCUT2D eigenvalue weighted by molar-refractivity contribution is 7.98. The van der Waals surface area contributed by atoms with Gasteiger partial charge in [0.05, 0.1) is 6.21 Å². The number of nitrogens with zero attached hydrogens (tertiary/aromatic N) is 1. The Balaban J connectivity index is 1.79. The second-order valence-electron chi connectivity index (χ2n) is 4.62. The molecule has 1 amide bonds. The summed E-state index contributed by atoms with van der Waals surface area (Å²) in [5, 5.41) is 3.92. The van der Waals surface area contributed by atoms with E-state index in [0.717, 1.165) is 11.1 Å². The molecular weight excluding hydrogens is 296 g/mol. The van der Waals surface area contributed by atoms with Gasteiger partial charge in [0.25, 0.3) is 5.91 Å². The van der Waals surface area contributed by atoms with Gasteiger partial charge in [-0.1, -0.05) is 30.3 Å². The zero-order chi connectivity index (χ0) is 15.8. The summed E-state index contributed by atoms with van der Waals surface area (Å²) < 4.78 is 5.44. The molecule has 0 bridgehead atoms. The maximum absolute atomic E-state index is 11.7. The number of thioether (sulfide) groups is 1. The largest absolute Gasteiger partial charge is 0.483 e. The number of carbonyl (C=O) groups excluding carboxylic acids is 1. The van der Waals surface area contributed by atoms with E-state index in [2.05, 4.69) is 10.5 Å². The zero-order valence-electron chi connectivity index (χ0n) is 12.6. The van der Waals surface area contributed by atoms with Crippen LogP contribution in [0.1, 0.15) is 11.1 Å². The van der Waals surface area contributed by atoms with E-state index in [1.54, 1.807) is 18.0 Å². The van der Waals surface area contributed by atoms with Crippen molar-refractivity contribution in [2.75, 3.05) is 12.9 Å². The monoisotopic (exact) mass is 314 g/mol. The Morgan fingerprint density at radius 3 is 2.64 bits per heavy atom. The third-order valence-electron chi connectivity index (χ3n) is 2.97. The zero-order valence-corrected chi connectivity index (χ0v) is 13.4. The van der Waals surface area contributed by atoms with E-state index < -0.39 is 0 Å². The molecule has 2 aromatic rings. The van der Waals surface area contributed by atoms with Gasteiger partial charge in [-0.3, -0.25) is 4.79 Å². The van der Waals surface area contributed by atoms with Crippen LogP contribution in [0.15, 0.2) is 58.5 Å². The van der Waals surface area contributed by atoms with Crippen LogP contribution in [0.4, 0.5) is 0 Å². The first kappa shape index (κ1) is 16.1. The highest BCUT2D eigenvalue weighted by Crippen LogP contribution is 2.15. The number of nitrogens with one attached hydrogen (secondary N) is 1. The molecule has 0 saturated heterocycles. The maximum atomic E-state index is 11.7. The molecule has 0 fully saturated rings. The van der Waals surface area contributed by atoms with Crippen molar-refractivity contribution in [1.82, 2.24) is 5.43 Å². The van der Waals surface area contributed by atoms with Crippen LogP contribution >= 0.6 is 11.8 Å².